The third kappa shape index (κ3) is 4.10. The fourth-order valence-corrected chi connectivity index (χ4v) is 5.97. The van der Waals surface area contributed by atoms with E-state index in [0.29, 0.717) is 17.4 Å². The molecule has 0 N–H and O–H groups in total. The van der Waals surface area contributed by atoms with Crippen molar-refractivity contribution in [2.24, 2.45) is 5.92 Å². The fraction of sp³-hybridized carbons (Fsp3) is 0.257. The number of rotatable bonds is 3. The van der Waals surface area contributed by atoms with Gasteiger partial charge in [0.25, 0.3) is 0 Å². The molecule has 0 amide bonds. The summed E-state index contributed by atoms with van der Waals surface area (Å²) in [6.07, 6.45) is 6.16. The number of hydrogen-bond acceptors (Lipinski definition) is 3. The molecule has 0 bridgehead atoms. The molecule has 0 fully saturated rings. The summed E-state index contributed by atoms with van der Waals surface area (Å²) in [5.74, 6) is 2.70. The number of ether oxygens (including phenoxy) is 1. The maximum absolute atomic E-state index is 6.51. The Hall–Kier alpha value is -3.39. The summed E-state index contributed by atoms with van der Waals surface area (Å²) in [4.78, 5) is 6.99. The zero-order valence-electron chi connectivity index (χ0n) is 23.6. The maximum Gasteiger partial charge on any atom is 0.139 e. The van der Waals surface area contributed by atoms with Gasteiger partial charge in [-0.1, -0.05) is 77.4 Å². The second-order valence-corrected chi connectivity index (χ2v) is 12.3. The Morgan fingerprint density at radius 3 is 2.50 bits per heavy atom. The fourth-order valence-electron chi connectivity index (χ4n) is 5.97. The zero-order valence-corrected chi connectivity index (χ0v) is 25.2. The molecule has 40 heavy (non-hydrogen) atoms. The van der Waals surface area contributed by atoms with E-state index in [-0.39, 0.29) is 31.3 Å². The van der Waals surface area contributed by atoms with E-state index in [4.69, 9.17) is 9.72 Å². The molecule has 2 aliphatic rings. The standard InChI is InChI=1S/C35H32N3O.Pd/c1-22-14-16-37(21-22)24-17-23(34(2,3)4)18-26(19-24)39-25-12-13-27-28-9-7-10-29-32(28)38(31(27)20-25)33-30(35(29,5)6)11-8-15-36-33;/h7-18,21-22H,1-6H3;/q-3;. The van der Waals surface area contributed by atoms with Crippen LogP contribution in [0, 0.1) is 24.6 Å². The van der Waals surface area contributed by atoms with Gasteiger partial charge in [0.05, 0.1) is 0 Å². The van der Waals surface area contributed by atoms with Crippen molar-refractivity contribution < 1.29 is 25.2 Å². The summed E-state index contributed by atoms with van der Waals surface area (Å²) in [6.45, 7) is 15.6. The Morgan fingerprint density at radius 1 is 0.950 bits per heavy atom. The smallest absolute Gasteiger partial charge is 0.139 e. The first-order valence-electron chi connectivity index (χ1n) is 13.6. The number of pyridine rings is 1. The van der Waals surface area contributed by atoms with Gasteiger partial charge in [-0.25, -0.2) is 11.5 Å². The molecule has 0 radical (unpaired) electrons. The molecule has 206 valence electrons. The molecule has 2 aromatic heterocycles. The number of nitrogens with zero attached hydrogens (tertiary/aromatic N) is 3. The molecule has 3 aromatic carbocycles. The number of anilines is 1. The quantitative estimate of drug-likeness (QED) is 0.150. The van der Waals surface area contributed by atoms with Crippen molar-refractivity contribution in [3.63, 3.8) is 0 Å². The average Bonchev–Trinajstić information content (AvgIpc) is 3.48. The molecule has 1 atom stereocenters. The number of para-hydroxylation sites is 1. The molecule has 5 heteroatoms. The molecule has 1 unspecified atom stereocenters. The molecule has 0 aliphatic carbocycles. The molecule has 2 aliphatic heterocycles. The minimum absolute atomic E-state index is 0. The van der Waals surface area contributed by atoms with Crippen LogP contribution in [0.3, 0.4) is 0 Å². The van der Waals surface area contributed by atoms with Crippen LogP contribution in [0.15, 0.2) is 73.1 Å². The van der Waals surface area contributed by atoms with Crippen LogP contribution in [0.2, 0.25) is 0 Å². The molecule has 7 rings (SSSR count). The van der Waals surface area contributed by atoms with Crippen LogP contribution in [0.25, 0.3) is 27.6 Å². The van der Waals surface area contributed by atoms with Crippen LogP contribution in [0.1, 0.15) is 58.2 Å². The molecule has 0 saturated carbocycles. The van der Waals surface area contributed by atoms with Crippen LogP contribution in [-0.2, 0) is 31.3 Å². The maximum atomic E-state index is 6.51. The van der Waals surface area contributed by atoms with E-state index in [2.05, 4.69) is 124 Å². The Balaban J connectivity index is 0.00000289. The Bertz CT molecular complexity index is 1810. The summed E-state index contributed by atoms with van der Waals surface area (Å²) in [6, 6.07) is 26.4. The minimum atomic E-state index is -0.149. The topological polar surface area (TPSA) is 30.3 Å². The third-order valence-electron chi connectivity index (χ3n) is 8.16. The summed E-state index contributed by atoms with van der Waals surface area (Å²) in [7, 11) is 0. The van der Waals surface area contributed by atoms with Gasteiger partial charge in [0.2, 0.25) is 0 Å². The van der Waals surface area contributed by atoms with Crippen LogP contribution in [0.4, 0.5) is 5.69 Å². The summed E-state index contributed by atoms with van der Waals surface area (Å²) < 4.78 is 8.78. The second-order valence-electron chi connectivity index (χ2n) is 12.3. The van der Waals surface area contributed by atoms with E-state index in [9.17, 15) is 0 Å². The molecule has 0 saturated heterocycles. The largest absolute Gasteiger partial charge is 0.520 e. The van der Waals surface area contributed by atoms with E-state index >= 15 is 0 Å². The SMILES string of the molecule is CC1C=CN(c2[c-]c(Oc3[c-]c4c(cc3)c3cccc5c3n4-c3ncccc3C5(C)C)cc(C(C)(C)C)c2)[CH-]1.[Pd]. The minimum Gasteiger partial charge on any atom is -0.520 e. The van der Waals surface area contributed by atoms with E-state index in [1.54, 1.807) is 0 Å². The number of hydrogen-bond donors (Lipinski definition) is 0. The first-order valence-corrected chi connectivity index (χ1v) is 13.6. The second kappa shape index (κ2) is 9.33. The van der Waals surface area contributed by atoms with Gasteiger partial charge in [0, 0.05) is 54.6 Å². The van der Waals surface area contributed by atoms with Crippen molar-refractivity contribution in [1.82, 2.24) is 9.55 Å². The third-order valence-corrected chi connectivity index (χ3v) is 8.16. The van der Waals surface area contributed by atoms with E-state index in [0.717, 1.165) is 22.4 Å². The van der Waals surface area contributed by atoms with Gasteiger partial charge < -0.3 is 14.2 Å². The van der Waals surface area contributed by atoms with Gasteiger partial charge >= 0.3 is 0 Å². The van der Waals surface area contributed by atoms with Crippen LogP contribution >= 0.6 is 0 Å². The van der Waals surface area contributed by atoms with Crippen molar-refractivity contribution in [1.29, 1.82) is 0 Å². The van der Waals surface area contributed by atoms with Gasteiger partial charge in [0.1, 0.15) is 5.82 Å². The monoisotopic (exact) mass is 616 g/mol. The van der Waals surface area contributed by atoms with Crippen LogP contribution < -0.4 is 9.64 Å². The molecular weight excluding hydrogens is 585 g/mol. The van der Waals surface area contributed by atoms with Crippen LogP contribution in [-0.4, -0.2) is 9.55 Å². The van der Waals surface area contributed by atoms with Crippen molar-refractivity contribution in [3.8, 4) is 17.3 Å². The number of aromatic nitrogens is 2. The Labute approximate surface area is 250 Å². The normalized spacial score (nSPS) is 17.2. The van der Waals surface area contributed by atoms with E-state index < -0.39 is 0 Å². The molecule has 4 nitrogen and oxygen atoms in total. The van der Waals surface area contributed by atoms with E-state index in [1.165, 1.54) is 27.6 Å². The van der Waals surface area contributed by atoms with Gasteiger partial charge in [-0.15, -0.1) is 52.9 Å². The van der Waals surface area contributed by atoms with Gasteiger partial charge in [-0.2, -0.15) is 6.07 Å². The molecule has 0 spiro atoms. The van der Waals surface area contributed by atoms with Gasteiger partial charge in [-0.05, 0) is 28.6 Å². The summed E-state index contributed by atoms with van der Waals surface area (Å²) >= 11 is 0. The zero-order chi connectivity index (χ0) is 27.1. The summed E-state index contributed by atoms with van der Waals surface area (Å²) in [5.41, 5.74) is 6.68. The van der Waals surface area contributed by atoms with Crippen LogP contribution in [0.5, 0.6) is 11.5 Å². The first-order chi connectivity index (χ1) is 18.6. The molecule has 5 aromatic rings. The van der Waals surface area contributed by atoms with Crippen molar-refractivity contribution in [3.05, 3.63) is 108 Å². The summed E-state index contributed by atoms with van der Waals surface area (Å²) in [5, 5.41) is 2.36. The predicted octanol–water partition coefficient (Wildman–Crippen LogP) is 8.64. The molecular formula is C35H32N3OPd-3. The first kappa shape index (κ1) is 26.8. The predicted molar refractivity (Wildman–Crippen MR) is 159 cm³/mol. The number of fused-ring (bicyclic) bond motifs is 5. The molecule has 4 heterocycles. The van der Waals surface area contributed by atoms with Crippen molar-refractivity contribution in [2.45, 2.75) is 52.4 Å². The Kier molecular flexibility index (Phi) is 6.26. The van der Waals surface area contributed by atoms with E-state index in [1.807, 2.05) is 18.3 Å². The average molecular weight is 617 g/mol. The Morgan fingerprint density at radius 2 is 1.75 bits per heavy atom. The van der Waals surface area contributed by atoms with Crippen molar-refractivity contribution >= 4 is 27.5 Å². The van der Waals surface area contributed by atoms with Gasteiger partial charge in [-0.3, -0.25) is 0 Å². The van der Waals surface area contributed by atoms with Gasteiger partial charge in [0.15, 0.2) is 0 Å². The number of benzene rings is 3. The van der Waals surface area contributed by atoms with Crippen molar-refractivity contribution in [2.75, 3.05) is 4.90 Å².